The van der Waals surface area contributed by atoms with Crippen LogP contribution in [0.5, 0.6) is 0 Å². The summed E-state index contributed by atoms with van der Waals surface area (Å²) >= 11 is 0. The first kappa shape index (κ1) is 38.2. The van der Waals surface area contributed by atoms with E-state index in [2.05, 4.69) is 10.6 Å². The van der Waals surface area contributed by atoms with Crippen molar-refractivity contribution in [2.24, 2.45) is 5.92 Å². The molecular weight excluding hydrogens is 628 g/mol. The summed E-state index contributed by atoms with van der Waals surface area (Å²) in [6.45, 7) is 9.90. The molecule has 2 atom stereocenters. The summed E-state index contributed by atoms with van der Waals surface area (Å²) in [4.78, 5) is 39.1. The number of unbranched alkanes of at least 4 members (excludes halogenated alkanes) is 1. The summed E-state index contributed by atoms with van der Waals surface area (Å²) in [5.74, 6) is -0.813. The number of nitrogens with two attached hydrogens (primary N) is 1. The first-order chi connectivity index (χ1) is 22.7. The molecule has 260 valence electrons. The second-order valence-electron chi connectivity index (χ2n) is 13.4. The molecule has 0 aliphatic rings. The van der Waals surface area contributed by atoms with Crippen LogP contribution in [0.1, 0.15) is 77.3 Å². The molecule has 10 nitrogen and oxygen atoms in total. The lowest BCUT2D eigenvalue weighted by atomic mass is 9.86. The number of ether oxygens (including phenoxy) is 1. The third-order valence-electron chi connectivity index (χ3n) is 7.76. The molecule has 3 rings (SSSR count). The van der Waals surface area contributed by atoms with Gasteiger partial charge in [-0.2, -0.15) is 4.31 Å². The lowest BCUT2D eigenvalue weighted by Gasteiger charge is -2.29. The summed E-state index contributed by atoms with van der Waals surface area (Å²) in [5, 5.41) is 5.70. The van der Waals surface area contributed by atoms with Crippen molar-refractivity contribution in [3.8, 4) is 0 Å². The number of benzene rings is 3. The third kappa shape index (κ3) is 11.5. The highest BCUT2D eigenvalue weighted by molar-refractivity contribution is 7.89. The van der Waals surface area contributed by atoms with Gasteiger partial charge in [-0.05, 0) is 87.8 Å². The monoisotopic (exact) mass is 678 g/mol. The maximum absolute atomic E-state index is 13.8. The predicted octanol–water partition coefficient (Wildman–Crippen LogP) is 5.89. The average Bonchev–Trinajstić information content (AvgIpc) is 3.03. The van der Waals surface area contributed by atoms with Gasteiger partial charge in [0.05, 0.1) is 16.9 Å². The minimum absolute atomic E-state index is 0.0764. The van der Waals surface area contributed by atoms with Gasteiger partial charge in [0.1, 0.15) is 6.29 Å². The van der Waals surface area contributed by atoms with Crippen LogP contribution in [0.25, 0.3) is 0 Å². The molecule has 3 aromatic carbocycles. The normalized spacial score (nSPS) is 13.2. The van der Waals surface area contributed by atoms with E-state index in [9.17, 15) is 22.8 Å². The van der Waals surface area contributed by atoms with E-state index in [1.165, 1.54) is 28.6 Å². The Labute approximate surface area is 285 Å². The third-order valence-corrected chi connectivity index (χ3v) is 9.69. The summed E-state index contributed by atoms with van der Waals surface area (Å²) in [5.41, 5.74) is 7.25. The smallest absolute Gasteiger partial charge is 0.408 e. The van der Waals surface area contributed by atoms with Crippen molar-refractivity contribution in [1.29, 1.82) is 0 Å². The molecule has 3 aromatic rings. The molecule has 0 saturated heterocycles. The standard InChI is InChI=1S/C37H50N4O6S/c1-27(2)23-25-41(48(45,46)32-21-19-30(38)20-22-32)31(26-42)18-12-13-24-39-35(43)34(47-36(44)40-37(3,4)5)33(28-14-8-6-9-15-28)29-16-10-7-11-17-29/h6-11,14-17,19-22,26-27,31,33-34H,12-13,18,23-25,38H2,1-5H3,(H,39,43)(H,40,44)/t31-,34-/m0/s1. The van der Waals surface area contributed by atoms with Crippen LogP contribution in [-0.2, 0) is 24.3 Å². The van der Waals surface area contributed by atoms with Gasteiger partial charge in [-0.15, -0.1) is 0 Å². The number of carbonyl (C=O) groups excluding carboxylic acids is 3. The molecule has 0 radical (unpaired) electrons. The molecule has 0 bridgehead atoms. The van der Waals surface area contributed by atoms with Gasteiger partial charge >= 0.3 is 6.09 Å². The van der Waals surface area contributed by atoms with Crippen molar-refractivity contribution in [3.63, 3.8) is 0 Å². The van der Waals surface area contributed by atoms with Crippen LogP contribution in [0.4, 0.5) is 10.5 Å². The van der Waals surface area contributed by atoms with Crippen molar-refractivity contribution >= 4 is 34.0 Å². The molecule has 0 saturated carbocycles. The minimum Gasteiger partial charge on any atom is -0.435 e. The van der Waals surface area contributed by atoms with Gasteiger partial charge in [-0.1, -0.05) is 74.5 Å². The molecule has 0 aliphatic carbocycles. The molecule has 0 aliphatic heterocycles. The highest BCUT2D eigenvalue weighted by atomic mass is 32.2. The Morgan fingerprint density at radius 2 is 1.44 bits per heavy atom. The summed E-state index contributed by atoms with van der Waals surface area (Å²) < 4.78 is 34.3. The van der Waals surface area contributed by atoms with Crippen molar-refractivity contribution in [2.45, 2.75) is 88.8 Å². The van der Waals surface area contributed by atoms with Gasteiger partial charge in [-0.25, -0.2) is 13.2 Å². The van der Waals surface area contributed by atoms with Crippen LogP contribution in [0.15, 0.2) is 89.8 Å². The molecule has 48 heavy (non-hydrogen) atoms. The zero-order valence-corrected chi connectivity index (χ0v) is 29.4. The van der Waals surface area contributed by atoms with Gasteiger partial charge in [-0.3, -0.25) is 4.79 Å². The molecular formula is C37H50N4O6S. The molecule has 0 heterocycles. The minimum atomic E-state index is -3.96. The Morgan fingerprint density at radius 1 is 0.875 bits per heavy atom. The predicted molar refractivity (Wildman–Crippen MR) is 189 cm³/mol. The number of hydrogen-bond donors (Lipinski definition) is 3. The fourth-order valence-corrected chi connectivity index (χ4v) is 6.89. The van der Waals surface area contributed by atoms with E-state index < -0.39 is 45.6 Å². The second kappa shape index (κ2) is 17.8. The van der Waals surface area contributed by atoms with Gasteiger partial charge in [0, 0.05) is 24.3 Å². The average molecular weight is 679 g/mol. The number of hydrogen-bond acceptors (Lipinski definition) is 7. The topological polar surface area (TPSA) is 148 Å². The Morgan fingerprint density at radius 3 is 1.94 bits per heavy atom. The Balaban J connectivity index is 1.75. The van der Waals surface area contributed by atoms with Crippen molar-refractivity contribution in [3.05, 3.63) is 96.1 Å². The molecule has 4 N–H and O–H groups in total. The van der Waals surface area contributed by atoms with Crippen LogP contribution < -0.4 is 16.4 Å². The zero-order valence-electron chi connectivity index (χ0n) is 28.6. The van der Waals surface area contributed by atoms with E-state index >= 15 is 0 Å². The highest BCUT2D eigenvalue weighted by Gasteiger charge is 2.35. The van der Waals surface area contributed by atoms with Crippen molar-refractivity contribution < 1.29 is 27.5 Å². The maximum Gasteiger partial charge on any atom is 0.408 e. The first-order valence-electron chi connectivity index (χ1n) is 16.4. The Bertz CT molecular complexity index is 1520. The molecule has 2 amide bonds. The van der Waals surface area contributed by atoms with E-state index in [-0.39, 0.29) is 30.3 Å². The van der Waals surface area contributed by atoms with Crippen molar-refractivity contribution in [2.75, 3.05) is 18.8 Å². The fourth-order valence-electron chi connectivity index (χ4n) is 5.28. The molecule has 11 heteroatoms. The fraction of sp³-hybridized carbons (Fsp3) is 0.432. The van der Waals surface area contributed by atoms with Crippen LogP contribution in [0, 0.1) is 5.92 Å². The molecule has 0 fully saturated rings. The molecule has 0 spiro atoms. The van der Waals surface area contributed by atoms with Crippen LogP contribution in [0.2, 0.25) is 0 Å². The lowest BCUT2D eigenvalue weighted by Crippen LogP contribution is -2.47. The van der Waals surface area contributed by atoms with E-state index in [1.54, 1.807) is 0 Å². The summed E-state index contributed by atoms with van der Waals surface area (Å²) in [6, 6.07) is 23.9. The lowest BCUT2D eigenvalue weighted by molar-refractivity contribution is -0.130. The number of alkyl carbamates (subject to hydrolysis) is 1. The van der Waals surface area contributed by atoms with E-state index in [1.807, 2.05) is 95.3 Å². The van der Waals surface area contributed by atoms with Crippen molar-refractivity contribution in [1.82, 2.24) is 14.9 Å². The maximum atomic E-state index is 13.8. The number of sulfonamides is 1. The molecule has 0 unspecified atom stereocenters. The van der Waals surface area contributed by atoms with Gasteiger partial charge < -0.3 is 25.9 Å². The first-order valence-corrected chi connectivity index (χ1v) is 17.9. The number of carbonyl (C=O) groups is 3. The second-order valence-corrected chi connectivity index (χ2v) is 15.2. The van der Waals surface area contributed by atoms with E-state index in [4.69, 9.17) is 10.5 Å². The number of amides is 2. The number of nitrogens with one attached hydrogen (secondary N) is 2. The summed E-state index contributed by atoms with van der Waals surface area (Å²) in [6.07, 6.45) is 0.580. The zero-order chi connectivity index (χ0) is 35.3. The Hall–Kier alpha value is -4.22. The number of nitrogen functional groups attached to an aromatic ring is 1. The number of anilines is 1. The van der Waals surface area contributed by atoms with E-state index in [0.29, 0.717) is 31.2 Å². The molecule has 0 aromatic heterocycles. The summed E-state index contributed by atoms with van der Waals surface area (Å²) in [7, 11) is -3.96. The number of aldehydes is 1. The van der Waals surface area contributed by atoms with E-state index in [0.717, 1.165) is 11.1 Å². The number of nitrogens with zero attached hydrogens (tertiary/aromatic N) is 1. The quantitative estimate of drug-likeness (QED) is 0.0917. The highest BCUT2D eigenvalue weighted by Crippen LogP contribution is 2.30. The van der Waals surface area contributed by atoms with Crippen LogP contribution in [-0.4, -0.2) is 61.8 Å². The number of rotatable bonds is 17. The largest absolute Gasteiger partial charge is 0.435 e. The van der Waals surface area contributed by atoms with Crippen LogP contribution in [0.3, 0.4) is 0 Å². The van der Waals surface area contributed by atoms with Gasteiger partial charge in [0.15, 0.2) is 6.10 Å². The van der Waals surface area contributed by atoms with Gasteiger partial charge in [0.25, 0.3) is 5.91 Å². The van der Waals surface area contributed by atoms with Crippen LogP contribution >= 0.6 is 0 Å². The Kier molecular flexibility index (Phi) is 14.2. The SMILES string of the molecule is CC(C)CCN([C@H](C=O)CCCCNC(=O)[C@@H](OC(=O)NC(C)(C)C)C(c1ccccc1)c1ccccc1)S(=O)(=O)c1ccc(N)cc1. The van der Waals surface area contributed by atoms with Gasteiger partial charge in [0.2, 0.25) is 10.0 Å².